The lowest BCUT2D eigenvalue weighted by atomic mass is 9.95. The lowest BCUT2D eigenvalue weighted by Crippen LogP contribution is -2.27. The maximum Gasteiger partial charge on any atom is 0.229 e. The number of carbonyl (C=O) groups is 1. The lowest BCUT2D eigenvalue weighted by Gasteiger charge is -2.17. The second-order valence-electron chi connectivity index (χ2n) is 9.51. The molecule has 6 rings (SSSR count). The average molecular weight is 495 g/mol. The van der Waals surface area contributed by atoms with Crippen LogP contribution in [0.3, 0.4) is 0 Å². The second kappa shape index (κ2) is 8.35. The van der Waals surface area contributed by atoms with E-state index < -0.39 is 5.41 Å². The van der Waals surface area contributed by atoms with Gasteiger partial charge in [0.15, 0.2) is 11.5 Å². The third-order valence-electron chi connectivity index (χ3n) is 5.87. The zero-order valence-electron chi connectivity index (χ0n) is 19.8. The van der Waals surface area contributed by atoms with Crippen LogP contribution in [-0.4, -0.2) is 41.0 Å². The molecule has 0 atom stereocenters. The molecule has 6 aromatic rings. The fraction of sp³-hybridized carbons (Fsp3) is 0.154. The van der Waals surface area contributed by atoms with Gasteiger partial charge >= 0.3 is 0 Å². The number of anilines is 1. The molecule has 0 aromatic carbocycles. The largest absolute Gasteiger partial charge is 0.335 e. The van der Waals surface area contributed by atoms with Gasteiger partial charge in [-0.2, -0.15) is 16.4 Å². The number of amides is 1. The van der Waals surface area contributed by atoms with Gasteiger partial charge in [-0.05, 0) is 40.6 Å². The van der Waals surface area contributed by atoms with Gasteiger partial charge in [-0.25, -0.2) is 9.97 Å². The Morgan fingerprint density at radius 1 is 1.06 bits per heavy atom. The van der Waals surface area contributed by atoms with E-state index in [4.69, 9.17) is 4.98 Å². The monoisotopic (exact) mass is 494 g/mol. The van der Waals surface area contributed by atoms with Crippen LogP contribution in [-0.2, 0) is 4.79 Å². The molecular weight excluding hydrogens is 472 g/mol. The molecule has 0 bridgehead atoms. The number of thiophene rings is 1. The Hall–Kier alpha value is -4.44. The number of hydrogen-bond acceptors (Lipinski definition) is 7. The summed E-state index contributed by atoms with van der Waals surface area (Å²) in [5.74, 6) is 0.537. The van der Waals surface area contributed by atoms with Crippen LogP contribution in [0.25, 0.3) is 56.0 Å². The summed E-state index contributed by atoms with van der Waals surface area (Å²) < 4.78 is 0. The highest BCUT2D eigenvalue weighted by molar-refractivity contribution is 7.08. The molecule has 1 amide bonds. The van der Waals surface area contributed by atoms with E-state index in [1.807, 2.05) is 44.4 Å². The van der Waals surface area contributed by atoms with Gasteiger partial charge in [0.25, 0.3) is 0 Å². The summed E-state index contributed by atoms with van der Waals surface area (Å²) in [6.45, 7) is 5.60. The Bertz CT molecular complexity index is 1730. The minimum atomic E-state index is -0.510. The van der Waals surface area contributed by atoms with Crippen LogP contribution >= 0.6 is 11.3 Å². The molecule has 9 nitrogen and oxygen atoms in total. The number of aromatic nitrogens is 7. The van der Waals surface area contributed by atoms with Gasteiger partial charge in [0.2, 0.25) is 5.91 Å². The van der Waals surface area contributed by atoms with E-state index >= 15 is 0 Å². The lowest BCUT2D eigenvalue weighted by molar-refractivity contribution is -0.123. The fourth-order valence-electron chi connectivity index (χ4n) is 3.90. The SMILES string of the molecule is CC(C)(C)C(=O)Nc1cncc(-c2cc3c(-c4nc5nccc(-c6ccsc6)c5[nH]4)n[nH]c3cn2)c1. The normalized spacial score (nSPS) is 11.9. The van der Waals surface area contributed by atoms with Crippen molar-refractivity contribution >= 4 is 45.0 Å². The zero-order valence-corrected chi connectivity index (χ0v) is 20.6. The molecule has 0 saturated carbocycles. The quantitative estimate of drug-likeness (QED) is 0.290. The van der Waals surface area contributed by atoms with Crippen molar-refractivity contribution in [3.8, 4) is 33.9 Å². The van der Waals surface area contributed by atoms with Crippen LogP contribution in [0.2, 0.25) is 0 Å². The van der Waals surface area contributed by atoms with Gasteiger partial charge in [0.05, 0.1) is 34.8 Å². The number of nitrogens with zero attached hydrogens (tertiary/aromatic N) is 5. The highest BCUT2D eigenvalue weighted by atomic mass is 32.1. The predicted molar refractivity (Wildman–Crippen MR) is 141 cm³/mol. The maximum absolute atomic E-state index is 12.4. The summed E-state index contributed by atoms with van der Waals surface area (Å²) in [5, 5.41) is 15.5. The van der Waals surface area contributed by atoms with Crippen LogP contribution in [0.5, 0.6) is 0 Å². The zero-order chi connectivity index (χ0) is 24.9. The molecule has 36 heavy (non-hydrogen) atoms. The van der Waals surface area contributed by atoms with E-state index in [0.717, 1.165) is 33.1 Å². The van der Waals surface area contributed by atoms with Crippen LogP contribution in [0.4, 0.5) is 5.69 Å². The van der Waals surface area contributed by atoms with Crippen molar-refractivity contribution in [3.05, 3.63) is 59.8 Å². The van der Waals surface area contributed by atoms with Crippen LogP contribution in [0.15, 0.2) is 59.8 Å². The molecule has 0 unspecified atom stereocenters. The number of nitrogens with one attached hydrogen (secondary N) is 3. The molecule has 178 valence electrons. The molecule has 0 saturated heterocycles. The van der Waals surface area contributed by atoms with Crippen molar-refractivity contribution in [2.24, 2.45) is 5.41 Å². The highest BCUT2D eigenvalue weighted by Crippen LogP contribution is 2.32. The number of fused-ring (bicyclic) bond motifs is 2. The van der Waals surface area contributed by atoms with Gasteiger partial charge in [-0.1, -0.05) is 20.8 Å². The summed E-state index contributed by atoms with van der Waals surface area (Å²) in [6, 6.07) is 7.87. The first-order valence-electron chi connectivity index (χ1n) is 11.4. The summed E-state index contributed by atoms with van der Waals surface area (Å²) >= 11 is 1.65. The van der Waals surface area contributed by atoms with E-state index in [1.165, 1.54) is 0 Å². The third kappa shape index (κ3) is 3.91. The number of carbonyl (C=O) groups excluding carboxylic acids is 1. The first kappa shape index (κ1) is 22.1. The maximum atomic E-state index is 12.4. The predicted octanol–water partition coefficient (Wildman–Crippen LogP) is 5.67. The smallest absolute Gasteiger partial charge is 0.229 e. The molecule has 0 fully saturated rings. The number of hydrogen-bond donors (Lipinski definition) is 3. The van der Waals surface area contributed by atoms with E-state index in [1.54, 1.807) is 36.1 Å². The van der Waals surface area contributed by atoms with E-state index in [9.17, 15) is 4.79 Å². The Labute approximate surface area is 210 Å². The van der Waals surface area contributed by atoms with E-state index in [0.29, 0.717) is 28.5 Å². The van der Waals surface area contributed by atoms with Gasteiger partial charge < -0.3 is 10.3 Å². The summed E-state index contributed by atoms with van der Waals surface area (Å²) in [4.78, 5) is 33.9. The van der Waals surface area contributed by atoms with Crippen LogP contribution in [0, 0.1) is 5.41 Å². The van der Waals surface area contributed by atoms with Gasteiger partial charge in [0, 0.05) is 34.3 Å². The average Bonchev–Trinajstić information content (AvgIpc) is 3.62. The first-order chi connectivity index (χ1) is 17.4. The van der Waals surface area contributed by atoms with Gasteiger partial charge in [-0.15, -0.1) is 0 Å². The molecular formula is C26H22N8OS. The summed E-state index contributed by atoms with van der Waals surface area (Å²) in [7, 11) is 0. The van der Waals surface area contributed by atoms with Gasteiger partial charge in [-0.3, -0.25) is 19.9 Å². The number of aromatic amines is 2. The Morgan fingerprint density at radius 2 is 1.94 bits per heavy atom. The van der Waals surface area contributed by atoms with Crippen molar-refractivity contribution in [1.29, 1.82) is 0 Å². The van der Waals surface area contributed by atoms with Crippen molar-refractivity contribution in [1.82, 2.24) is 35.1 Å². The van der Waals surface area contributed by atoms with Crippen LogP contribution in [0.1, 0.15) is 20.8 Å². The molecule has 0 radical (unpaired) electrons. The van der Waals surface area contributed by atoms with Crippen molar-refractivity contribution < 1.29 is 4.79 Å². The molecule has 6 heterocycles. The molecule has 3 N–H and O–H groups in total. The summed E-state index contributed by atoms with van der Waals surface area (Å²) in [6.07, 6.45) is 6.85. The first-order valence-corrected chi connectivity index (χ1v) is 12.3. The second-order valence-corrected chi connectivity index (χ2v) is 10.3. The molecule has 6 aromatic heterocycles. The van der Waals surface area contributed by atoms with Crippen molar-refractivity contribution in [2.75, 3.05) is 5.32 Å². The molecule has 0 aliphatic rings. The third-order valence-corrected chi connectivity index (χ3v) is 6.55. The number of H-pyrrole nitrogens is 2. The summed E-state index contributed by atoms with van der Waals surface area (Å²) in [5.41, 5.74) is 6.70. The number of imidazole rings is 1. The molecule has 0 aliphatic carbocycles. The topological polar surface area (TPSA) is 125 Å². The van der Waals surface area contributed by atoms with Crippen molar-refractivity contribution in [2.45, 2.75) is 20.8 Å². The molecule has 0 spiro atoms. The van der Waals surface area contributed by atoms with Crippen molar-refractivity contribution in [3.63, 3.8) is 0 Å². The van der Waals surface area contributed by atoms with Gasteiger partial charge in [0.1, 0.15) is 5.69 Å². The highest BCUT2D eigenvalue weighted by Gasteiger charge is 2.22. The Morgan fingerprint density at radius 3 is 2.75 bits per heavy atom. The Kier molecular flexibility index (Phi) is 5.11. The standard InChI is InChI=1S/C26H22N8OS/c1-26(2,3)25(35)30-16-8-15(10-27-11-16)19-9-18-20(12-29-19)33-34-22(18)24-31-21-17(14-5-7-36-13-14)4-6-28-23(21)32-24/h4-13H,1-3H3,(H,30,35)(H,33,34)(H,28,31,32). The van der Waals surface area contributed by atoms with Crippen LogP contribution < -0.4 is 5.32 Å². The minimum Gasteiger partial charge on any atom is -0.335 e. The van der Waals surface area contributed by atoms with E-state index in [2.05, 4.69) is 46.9 Å². The molecule has 10 heteroatoms. The van der Waals surface area contributed by atoms with E-state index in [-0.39, 0.29) is 5.91 Å². The Balaban J connectivity index is 1.40. The molecule has 0 aliphatic heterocycles. The fourth-order valence-corrected chi connectivity index (χ4v) is 4.56. The minimum absolute atomic E-state index is 0.0812. The number of pyridine rings is 3. The number of rotatable bonds is 4.